The first-order valence-corrected chi connectivity index (χ1v) is 7.23. The molecular weight excluding hydrogens is 381 g/mol. The molecule has 5 nitrogen and oxygen atoms in total. The Labute approximate surface area is 134 Å². The van der Waals surface area contributed by atoms with Crippen molar-refractivity contribution >= 4 is 28.6 Å². The van der Waals surface area contributed by atoms with Gasteiger partial charge in [0, 0.05) is 9.13 Å². The van der Waals surface area contributed by atoms with E-state index < -0.39 is 5.97 Å². The van der Waals surface area contributed by atoms with Crippen molar-refractivity contribution < 1.29 is 9.90 Å². The van der Waals surface area contributed by atoms with E-state index in [-0.39, 0.29) is 5.56 Å². The van der Waals surface area contributed by atoms with E-state index in [2.05, 4.69) is 32.7 Å². The highest BCUT2D eigenvalue weighted by atomic mass is 127. The molecule has 0 aliphatic carbocycles. The zero-order chi connectivity index (χ0) is 14.8. The van der Waals surface area contributed by atoms with E-state index in [1.54, 1.807) is 35.3 Å². The fraction of sp³-hybridized carbons (Fsp3) is 0. The van der Waals surface area contributed by atoms with Crippen molar-refractivity contribution in [3.8, 4) is 17.1 Å². The molecule has 3 aromatic rings. The van der Waals surface area contributed by atoms with Gasteiger partial charge in [-0.3, -0.25) is 0 Å². The summed E-state index contributed by atoms with van der Waals surface area (Å²) < 4.78 is 2.84. The molecule has 3 rings (SSSR count). The fourth-order valence-electron chi connectivity index (χ4n) is 1.88. The van der Waals surface area contributed by atoms with Crippen LogP contribution in [-0.2, 0) is 0 Å². The average molecular weight is 391 g/mol. The minimum atomic E-state index is -0.945. The van der Waals surface area contributed by atoms with Crippen molar-refractivity contribution in [2.75, 3.05) is 0 Å². The second kappa shape index (κ2) is 5.65. The molecule has 0 aliphatic heterocycles. The molecule has 0 radical (unpaired) electrons. The Hall–Kier alpha value is -2.22. The molecule has 0 aliphatic rings. The maximum absolute atomic E-state index is 10.8. The Bertz CT molecular complexity index is 779. The lowest BCUT2D eigenvalue weighted by molar-refractivity contribution is 0.0697. The minimum absolute atomic E-state index is 0.246. The van der Waals surface area contributed by atoms with Gasteiger partial charge in [-0.1, -0.05) is 12.1 Å². The summed E-state index contributed by atoms with van der Waals surface area (Å²) >= 11 is 2.25. The Balaban J connectivity index is 1.90. The maximum Gasteiger partial charge on any atom is 0.335 e. The Morgan fingerprint density at radius 1 is 1.05 bits per heavy atom. The molecule has 0 saturated carbocycles. The van der Waals surface area contributed by atoms with Crippen LogP contribution in [-0.4, -0.2) is 25.8 Å². The van der Waals surface area contributed by atoms with E-state index in [1.165, 1.54) is 0 Å². The Morgan fingerprint density at radius 3 is 2.33 bits per heavy atom. The number of aromatic carboxylic acids is 1. The smallest absolute Gasteiger partial charge is 0.335 e. The van der Waals surface area contributed by atoms with Gasteiger partial charge >= 0.3 is 5.97 Å². The molecule has 0 unspecified atom stereocenters. The second-order valence-electron chi connectivity index (χ2n) is 4.37. The first kappa shape index (κ1) is 13.7. The molecule has 21 heavy (non-hydrogen) atoms. The molecule has 0 bridgehead atoms. The zero-order valence-corrected chi connectivity index (χ0v) is 12.9. The predicted octanol–water partition coefficient (Wildman–Crippen LogP) is 3.24. The predicted molar refractivity (Wildman–Crippen MR) is 86.5 cm³/mol. The summed E-state index contributed by atoms with van der Waals surface area (Å²) in [6.07, 6.45) is 1.64. The van der Waals surface area contributed by atoms with Gasteiger partial charge in [0.05, 0.1) is 11.3 Å². The highest BCUT2D eigenvalue weighted by molar-refractivity contribution is 14.1. The minimum Gasteiger partial charge on any atom is -0.478 e. The highest BCUT2D eigenvalue weighted by Crippen LogP contribution is 2.17. The van der Waals surface area contributed by atoms with Crippen LogP contribution in [0.3, 0.4) is 0 Å². The number of halogens is 1. The number of rotatable bonds is 3. The normalized spacial score (nSPS) is 10.5. The van der Waals surface area contributed by atoms with Crippen LogP contribution in [0.5, 0.6) is 0 Å². The first-order valence-electron chi connectivity index (χ1n) is 6.15. The van der Waals surface area contributed by atoms with Crippen LogP contribution in [0.1, 0.15) is 10.4 Å². The van der Waals surface area contributed by atoms with Crippen LogP contribution in [0.4, 0.5) is 0 Å². The number of carboxylic acids is 1. The number of hydrogen-bond acceptors (Lipinski definition) is 3. The number of benzene rings is 2. The molecule has 0 saturated heterocycles. The molecule has 1 heterocycles. The molecule has 104 valence electrons. The van der Waals surface area contributed by atoms with Crippen LogP contribution < -0.4 is 0 Å². The van der Waals surface area contributed by atoms with Crippen molar-refractivity contribution in [2.45, 2.75) is 0 Å². The van der Waals surface area contributed by atoms with Crippen molar-refractivity contribution in [1.82, 2.24) is 14.8 Å². The highest BCUT2D eigenvalue weighted by Gasteiger charge is 2.07. The van der Waals surface area contributed by atoms with E-state index >= 15 is 0 Å². The monoisotopic (exact) mass is 391 g/mol. The summed E-state index contributed by atoms with van der Waals surface area (Å²) in [6.45, 7) is 0. The molecule has 0 amide bonds. The third-order valence-electron chi connectivity index (χ3n) is 2.97. The lowest BCUT2D eigenvalue weighted by Gasteiger charge is -2.00. The average Bonchev–Trinajstić information content (AvgIpc) is 2.98. The topological polar surface area (TPSA) is 68.0 Å². The summed E-state index contributed by atoms with van der Waals surface area (Å²) in [5, 5.41) is 13.3. The van der Waals surface area contributed by atoms with E-state index in [0.717, 1.165) is 14.8 Å². The molecule has 0 fully saturated rings. The van der Waals surface area contributed by atoms with E-state index in [4.69, 9.17) is 5.11 Å². The second-order valence-corrected chi connectivity index (χ2v) is 5.62. The van der Waals surface area contributed by atoms with E-state index in [1.807, 2.05) is 24.3 Å². The van der Waals surface area contributed by atoms with Crippen LogP contribution in [0.25, 0.3) is 17.1 Å². The number of aromatic nitrogens is 3. The number of nitrogens with zero attached hydrogens (tertiary/aromatic N) is 3. The zero-order valence-electron chi connectivity index (χ0n) is 10.8. The molecule has 0 atom stereocenters. The lowest BCUT2D eigenvalue weighted by atomic mass is 10.1. The van der Waals surface area contributed by atoms with Gasteiger partial charge < -0.3 is 5.11 Å². The molecule has 6 heteroatoms. The largest absolute Gasteiger partial charge is 0.478 e. The van der Waals surface area contributed by atoms with Gasteiger partial charge in [0.25, 0.3) is 0 Å². The maximum atomic E-state index is 10.8. The van der Waals surface area contributed by atoms with Gasteiger partial charge in [0.15, 0.2) is 5.82 Å². The summed E-state index contributed by atoms with van der Waals surface area (Å²) in [7, 11) is 0. The molecule has 0 spiro atoms. The van der Waals surface area contributed by atoms with Crippen molar-refractivity contribution in [3.05, 3.63) is 64.0 Å². The van der Waals surface area contributed by atoms with Gasteiger partial charge in [0.2, 0.25) is 0 Å². The quantitative estimate of drug-likeness (QED) is 0.697. The SMILES string of the molecule is O=C(O)c1ccc(-c2ncn(-c3ccc(I)cc3)n2)cc1. The Kier molecular flexibility index (Phi) is 3.70. The number of hydrogen-bond donors (Lipinski definition) is 1. The van der Waals surface area contributed by atoms with Crippen molar-refractivity contribution in [2.24, 2.45) is 0 Å². The van der Waals surface area contributed by atoms with Gasteiger partial charge in [-0.25, -0.2) is 14.5 Å². The van der Waals surface area contributed by atoms with Crippen LogP contribution in [0.15, 0.2) is 54.9 Å². The summed E-state index contributed by atoms with van der Waals surface area (Å²) in [4.78, 5) is 15.1. The van der Waals surface area contributed by atoms with Crippen molar-refractivity contribution in [1.29, 1.82) is 0 Å². The third kappa shape index (κ3) is 2.94. The molecular formula is C15H10IN3O2. The van der Waals surface area contributed by atoms with Crippen LogP contribution in [0, 0.1) is 3.57 Å². The van der Waals surface area contributed by atoms with Crippen molar-refractivity contribution in [3.63, 3.8) is 0 Å². The third-order valence-corrected chi connectivity index (χ3v) is 3.69. The van der Waals surface area contributed by atoms with Crippen LogP contribution in [0.2, 0.25) is 0 Å². The van der Waals surface area contributed by atoms with Crippen LogP contribution >= 0.6 is 22.6 Å². The summed E-state index contributed by atoms with van der Waals surface area (Å²) in [5.74, 6) is -0.385. The van der Waals surface area contributed by atoms with Gasteiger partial charge in [-0.2, -0.15) is 0 Å². The Morgan fingerprint density at radius 2 is 1.71 bits per heavy atom. The van der Waals surface area contributed by atoms with E-state index in [0.29, 0.717) is 5.82 Å². The van der Waals surface area contributed by atoms with E-state index in [9.17, 15) is 4.79 Å². The summed E-state index contributed by atoms with van der Waals surface area (Å²) in [5.41, 5.74) is 1.96. The summed E-state index contributed by atoms with van der Waals surface area (Å²) in [6, 6.07) is 14.4. The van der Waals surface area contributed by atoms with Gasteiger partial charge in [-0.15, -0.1) is 5.10 Å². The lowest BCUT2D eigenvalue weighted by Crippen LogP contribution is -1.96. The van der Waals surface area contributed by atoms with Gasteiger partial charge in [0.1, 0.15) is 6.33 Å². The molecule has 1 N–H and O–H groups in total. The fourth-order valence-corrected chi connectivity index (χ4v) is 2.24. The first-order chi connectivity index (χ1) is 10.1. The number of carboxylic acid groups (broad SMARTS) is 1. The molecule has 1 aromatic heterocycles. The standard InChI is InChI=1S/C15H10IN3O2/c16-12-5-7-13(8-6-12)19-9-17-14(18-19)10-1-3-11(4-2-10)15(20)21/h1-9H,(H,20,21). The number of carbonyl (C=O) groups is 1. The van der Waals surface area contributed by atoms with Gasteiger partial charge in [-0.05, 0) is 59.0 Å². The molecule has 2 aromatic carbocycles.